The van der Waals surface area contributed by atoms with Gasteiger partial charge in [-0.2, -0.15) is 0 Å². The highest BCUT2D eigenvalue weighted by molar-refractivity contribution is 6.01. The van der Waals surface area contributed by atoms with Gasteiger partial charge in [-0.15, -0.1) is 0 Å². The lowest BCUT2D eigenvalue weighted by atomic mass is 9.89. The first kappa shape index (κ1) is 28.5. The highest BCUT2D eigenvalue weighted by Gasteiger charge is 2.23. The zero-order chi connectivity index (χ0) is 29.8. The minimum atomic E-state index is 0.367. The Hall–Kier alpha value is -5.05. The van der Waals surface area contributed by atoms with Gasteiger partial charge in [0.1, 0.15) is 34.6 Å². The van der Waals surface area contributed by atoms with Crippen molar-refractivity contribution >= 4 is 22.4 Å². The number of hydrogen-bond donors (Lipinski definition) is 2. The molecule has 0 bridgehead atoms. The van der Waals surface area contributed by atoms with E-state index in [1.165, 1.54) is 0 Å². The van der Waals surface area contributed by atoms with Gasteiger partial charge >= 0.3 is 0 Å². The second-order valence-electron chi connectivity index (χ2n) is 9.83. The van der Waals surface area contributed by atoms with Crippen molar-refractivity contribution in [2.75, 3.05) is 39.9 Å². The van der Waals surface area contributed by atoms with Crippen LogP contribution in [0.15, 0.2) is 61.1 Å². The Morgan fingerprint density at radius 3 is 1.88 bits per heavy atom. The fourth-order valence-corrected chi connectivity index (χ4v) is 5.37. The van der Waals surface area contributed by atoms with Crippen molar-refractivity contribution in [2.45, 2.75) is 26.2 Å². The number of anilines is 2. The van der Waals surface area contributed by atoms with E-state index in [9.17, 15) is 0 Å². The average Bonchev–Trinajstić information content (AvgIpc) is 3.03. The fourth-order valence-electron chi connectivity index (χ4n) is 5.37. The maximum Gasteiger partial charge on any atom is 0.133 e. The van der Waals surface area contributed by atoms with Gasteiger partial charge in [0.05, 0.1) is 34.1 Å². The van der Waals surface area contributed by atoms with E-state index < -0.39 is 0 Å². The molecule has 216 valence electrons. The molecule has 0 saturated heterocycles. The predicted octanol–water partition coefficient (Wildman–Crippen LogP) is 5.63. The first-order valence-electron chi connectivity index (χ1n) is 13.6. The Morgan fingerprint density at radius 1 is 0.690 bits per heavy atom. The van der Waals surface area contributed by atoms with Gasteiger partial charge in [0.15, 0.2) is 0 Å². The lowest BCUT2D eigenvalue weighted by Crippen LogP contribution is -2.09. The van der Waals surface area contributed by atoms with Crippen molar-refractivity contribution in [3.63, 3.8) is 0 Å². The summed E-state index contributed by atoms with van der Waals surface area (Å²) in [7, 11) is 6.55. The van der Waals surface area contributed by atoms with E-state index >= 15 is 0 Å². The smallest absolute Gasteiger partial charge is 0.133 e. The zero-order valence-electron chi connectivity index (χ0n) is 24.5. The van der Waals surface area contributed by atoms with Crippen LogP contribution in [0.4, 0.5) is 11.6 Å². The Balaban J connectivity index is 1.83. The molecule has 0 saturated carbocycles. The highest BCUT2D eigenvalue weighted by Crippen LogP contribution is 2.40. The number of hydrogen-bond acceptors (Lipinski definition) is 9. The van der Waals surface area contributed by atoms with Crippen LogP contribution in [0, 0.1) is 0 Å². The van der Waals surface area contributed by atoms with E-state index in [1.807, 2.05) is 48.7 Å². The summed E-state index contributed by atoms with van der Waals surface area (Å²) in [4.78, 5) is 13.9. The number of pyridine rings is 3. The number of fused-ring (bicyclic) bond motifs is 1. The van der Waals surface area contributed by atoms with Gasteiger partial charge < -0.3 is 30.4 Å². The number of aryl methyl sites for hydroxylation is 1. The summed E-state index contributed by atoms with van der Waals surface area (Å²) in [6.07, 6.45) is 7.08. The van der Waals surface area contributed by atoms with Gasteiger partial charge in [-0.3, -0.25) is 4.98 Å². The van der Waals surface area contributed by atoms with Crippen LogP contribution in [0.25, 0.3) is 22.0 Å². The number of methoxy groups -OCH3 is 4. The third kappa shape index (κ3) is 5.33. The first-order chi connectivity index (χ1) is 20.4. The quantitative estimate of drug-likeness (QED) is 0.221. The Bertz CT molecular complexity index is 1760. The molecule has 0 aliphatic heterocycles. The number of benzene rings is 2. The lowest BCUT2D eigenvalue weighted by molar-refractivity contribution is 0.391. The maximum absolute atomic E-state index is 6.65. The summed E-state index contributed by atoms with van der Waals surface area (Å²) >= 11 is 0. The van der Waals surface area contributed by atoms with E-state index in [1.54, 1.807) is 40.8 Å². The molecule has 0 aliphatic carbocycles. The Kier molecular flexibility index (Phi) is 8.28. The zero-order valence-corrected chi connectivity index (χ0v) is 24.5. The van der Waals surface area contributed by atoms with Crippen LogP contribution in [0.1, 0.15) is 34.7 Å². The molecular formula is C33H35N5O4. The third-order valence-electron chi connectivity index (χ3n) is 7.58. The van der Waals surface area contributed by atoms with E-state index in [0.29, 0.717) is 47.5 Å². The molecule has 3 aromatic heterocycles. The monoisotopic (exact) mass is 565 g/mol. The van der Waals surface area contributed by atoms with Crippen molar-refractivity contribution in [1.29, 1.82) is 0 Å². The van der Waals surface area contributed by atoms with E-state index in [-0.39, 0.29) is 0 Å². The highest BCUT2D eigenvalue weighted by atomic mass is 16.5. The predicted molar refractivity (Wildman–Crippen MR) is 166 cm³/mol. The average molecular weight is 566 g/mol. The fraction of sp³-hybridized carbons (Fsp3) is 0.242. The topological polar surface area (TPSA) is 128 Å². The number of rotatable bonds is 10. The normalized spacial score (nSPS) is 11.0. The van der Waals surface area contributed by atoms with Crippen molar-refractivity contribution < 1.29 is 18.9 Å². The summed E-state index contributed by atoms with van der Waals surface area (Å²) in [5.74, 6) is 3.57. The molecule has 4 N–H and O–H groups in total. The van der Waals surface area contributed by atoms with E-state index in [2.05, 4.69) is 16.9 Å². The van der Waals surface area contributed by atoms with Gasteiger partial charge in [-0.25, -0.2) is 9.97 Å². The number of nitrogens with two attached hydrogens (primary N) is 2. The summed E-state index contributed by atoms with van der Waals surface area (Å²) in [6, 6.07) is 13.6. The van der Waals surface area contributed by atoms with Crippen LogP contribution in [-0.2, 0) is 19.3 Å². The molecule has 5 aromatic rings. The molecule has 9 nitrogen and oxygen atoms in total. The molecule has 0 fully saturated rings. The molecule has 3 heterocycles. The van der Waals surface area contributed by atoms with Gasteiger partial charge in [-0.1, -0.05) is 19.1 Å². The van der Waals surface area contributed by atoms with Crippen LogP contribution >= 0.6 is 0 Å². The van der Waals surface area contributed by atoms with Crippen LogP contribution in [0.2, 0.25) is 0 Å². The van der Waals surface area contributed by atoms with Crippen LogP contribution < -0.4 is 30.4 Å². The second kappa shape index (κ2) is 12.2. The number of nitrogen functional groups attached to an aromatic ring is 2. The number of nitrogens with zero attached hydrogens (tertiary/aromatic N) is 3. The Labute approximate surface area is 245 Å². The van der Waals surface area contributed by atoms with E-state index in [4.69, 9.17) is 35.4 Å². The lowest BCUT2D eigenvalue weighted by Gasteiger charge is -2.21. The summed E-state index contributed by atoms with van der Waals surface area (Å²) in [5.41, 5.74) is 19.7. The molecule has 0 spiro atoms. The summed E-state index contributed by atoms with van der Waals surface area (Å²) < 4.78 is 22.4. The van der Waals surface area contributed by atoms with E-state index in [0.717, 1.165) is 56.3 Å². The molecule has 5 rings (SSSR count). The maximum atomic E-state index is 6.65. The standard InChI is InChI=1S/C33H35N5O4/c1-6-19-11-12-36-17-26(19)31-24(13-20-7-9-22(39-2)15-28(20)41-4)30-25(32(34)37-18-27(30)33(35)38-31)14-21-8-10-23(40-3)16-29(21)42-5/h7-12,15-18H,6,13-14H2,1-5H3,(H2,34,37)(H2,35,38). The number of ether oxygens (including phenoxy) is 4. The van der Waals surface area contributed by atoms with Crippen LogP contribution in [0.3, 0.4) is 0 Å². The van der Waals surface area contributed by atoms with Gasteiger partial charge in [0.2, 0.25) is 0 Å². The molecule has 42 heavy (non-hydrogen) atoms. The molecular weight excluding hydrogens is 530 g/mol. The van der Waals surface area contributed by atoms with Gasteiger partial charge in [-0.05, 0) is 52.3 Å². The molecule has 0 aliphatic rings. The second-order valence-corrected chi connectivity index (χ2v) is 9.83. The molecule has 0 amide bonds. The molecule has 0 radical (unpaired) electrons. The first-order valence-corrected chi connectivity index (χ1v) is 13.6. The van der Waals surface area contributed by atoms with Gasteiger partial charge in [0, 0.05) is 60.1 Å². The largest absolute Gasteiger partial charge is 0.497 e. The van der Waals surface area contributed by atoms with Crippen molar-refractivity contribution in [2.24, 2.45) is 0 Å². The van der Waals surface area contributed by atoms with Crippen molar-refractivity contribution in [3.05, 3.63) is 88.9 Å². The number of aromatic nitrogens is 3. The van der Waals surface area contributed by atoms with Crippen LogP contribution in [-0.4, -0.2) is 43.4 Å². The van der Waals surface area contributed by atoms with Gasteiger partial charge in [0.25, 0.3) is 0 Å². The molecule has 0 atom stereocenters. The van der Waals surface area contributed by atoms with Crippen molar-refractivity contribution in [1.82, 2.24) is 15.0 Å². The Morgan fingerprint density at radius 2 is 1.31 bits per heavy atom. The minimum Gasteiger partial charge on any atom is -0.497 e. The SMILES string of the molecule is CCc1ccncc1-c1nc(N)c2cnc(N)c(Cc3ccc(OC)cc3OC)c2c1Cc1ccc(OC)cc1OC. The van der Waals surface area contributed by atoms with Crippen LogP contribution in [0.5, 0.6) is 23.0 Å². The summed E-state index contributed by atoms with van der Waals surface area (Å²) in [5, 5.41) is 1.62. The molecule has 0 unspecified atom stereocenters. The minimum absolute atomic E-state index is 0.367. The third-order valence-corrected chi connectivity index (χ3v) is 7.58. The van der Waals surface area contributed by atoms with Crippen molar-refractivity contribution in [3.8, 4) is 34.3 Å². The molecule has 2 aromatic carbocycles. The molecule has 9 heteroatoms. The summed E-state index contributed by atoms with van der Waals surface area (Å²) in [6.45, 7) is 2.11.